The van der Waals surface area contributed by atoms with Gasteiger partial charge in [0.15, 0.2) is 5.54 Å². The molecule has 3 aliphatic rings. The van der Waals surface area contributed by atoms with Crippen molar-refractivity contribution in [1.82, 2.24) is 36.6 Å². The highest BCUT2D eigenvalue weighted by molar-refractivity contribution is 5.95. The molecule has 0 aromatic rings. The Labute approximate surface area is 231 Å². The van der Waals surface area contributed by atoms with E-state index in [4.69, 9.17) is 0 Å². The Morgan fingerprint density at radius 3 is 1.98 bits per heavy atom. The van der Waals surface area contributed by atoms with Crippen LogP contribution in [0.25, 0.3) is 0 Å². The molecule has 3 aliphatic heterocycles. The summed E-state index contributed by atoms with van der Waals surface area (Å²) >= 11 is 0. The number of hydrogen-bond donors (Lipinski definition) is 8. The van der Waals surface area contributed by atoms with E-state index in [1.165, 1.54) is 0 Å². The number of aliphatic hydroxyl groups is 3. The molecule has 226 valence electrons. The fourth-order valence-electron chi connectivity index (χ4n) is 4.88. The molecule has 0 aromatic heterocycles. The molecule has 40 heavy (non-hydrogen) atoms. The predicted molar refractivity (Wildman–Crippen MR) is 137 cm³/mol. The summed E-state index contributed by atoms with van der Waals surface area (Å²) in [4.78, 5) is 65.3. The Bertz CT molecular complexity index is 982. The molecular weight excluding hydrogens is 530 g/mol. The molecule has 0 saturated carbocycles. The van der Waals surface area contributed by atoms with Gasteiger partial charge in [-0.3, -0.25) is 34.2 Å². The van der Waals surface area contributed by atoms with Gasteiger partial charge in [-0.15, -0.1) is 0 Å². The van der Waals surface area contributed by atoms with Crippen LogP contribution >= 0.6 is 0 Å². The van der Waals surface area contributed by atoms with Crippen molar-refractivity contribution >= 4 is 29.6 Å². The van der Waals surface area contributed by atoms with E-state index in [2.05, 4.69) is 21.6 Å². The van der Waals surface area contributed by atoms with Crippen molar-refractivity contribution < 1.29 is 44.4 Å². The number of hydrogen-bond acceptors (Lipinski definition) is 11. The summed E-state index contributed by atoms with van der Waals surface area (Å²) in [6.07, 6.45) is -0.923. The highest BCUT2D eigenvalue weighted by atomic mass is 16.4. The number of β-amino-alcohol motifs (C(OH)–C–C–N with tert-alkyl or cyclic N) is 1. The molecule has 6 unspecified atom stereocenters. The number of amides is 4. The molecule has 0 aromatic carbocycles. The van der Waals surface area contributed by atoms with E-state index >= 15 is 0 Å². The lowest BCUT2D eigenvalue weighted by Gasteiger charge is -2.45. The van der Waals surface area contributed by atoms with Crippen LogP contribution in [0.3, 0.4) is 0 Å². The fraction of sp³-hybridized carbons (Fsp3) is 0.792. The molecule has 6 atom stereocenters. The van der Waals surface area contributed by atoms with Crippen LogP contribution in [-0.2, 0) is 24.0 Å². The monoisotopic (exact) mass is 571 g/mol. The van der Waals surface area contributed by atoms with Crippen molar-refractivity contribution in [3.63, 3.8) is 0 Å². The molecule has 3 saturated heterocycles. The Kier molecular flexibility index (Phi) is 10.4. The molecule has 3 rings (SSSR count). The van der Waals surface area contributed by atoms with Gasteiger partial charge in [-0.2, -0.15) is 0 Å². The number of carbonyl (C=O) groups excluding carboxylic acids is 4. The number of hydrazine groups is 3. The van der Waals surface area contributed by atoms with Crippen LogP contribution in [0, 0.1) is 5.92 Å². The minimum Gasteiger partial charge on any atom is -0.479 e. The maximum Gasteiger partial charge on any atom is 0.331 e. The number of carboxylic acids is 1. The van der Waals surface area contributed by atoms with Crippen LogP contribution < -0.4 is 21.6 Å². The van der Waals surface area contributed by atoms with Crippen molar-refractivity contribution in [2.45, 2.75) is 88.7 Å². The van der Waals surface area contributed by atoms with Gasteiger partial charge in [-0.05, 0) is 38.5 Å². The topological polar surface area (TPSA) is 224 Å². The second-order valence-corrected chi connectivity index (χ2v) is 11.0. The van der Waals surface area contributed by atoms with Crippen LogP contribution in [0.4, 0.5) is 0 Å². The number of carboxylic acid groups (broad SMARTS) is 1. The third kappa shape index (κ3) is 6.70. The summed E-state index contributed by atoms with van der Waals surface area (Å²) in [5.74, 6) is -4.66. The van der Waals surface area contributed by atoms with E-state index in [9.17, 15) is 44.4 Å². The molecule has 16 heteroatoms. The van der Waals surface area contributed by atoms with Crippen LogP contribution in [0.1, 0.15) is 52.9 Å². The second kappa shape index (κ2) is 13.2. The third-order valence-corrected chi connectivity index (χ3v) is 7.46. The minimum absolute atomic E-state index is 0.0677. The standard InChI is InChI=1S/C24H41N7O9/c1-13(2)18(34)22(38)30-16(7-5-9-26-30)20(36)29-15(6-4-8-25-29)21(37)31-17(10-14(33)11-27-31)19(35)28-24(3,12-32)23(39)40/h13-18,25-27,32-34H,4-12H2,1-3H3,(H,28,35)(H,39,40). The Hall–Kier alpha value is -2.89. The fourth-order valence-corrected chi connectivity index (χ4v) is 4.88. The van der Waals surface area contributed by atoms with E-state index in [-0.39, 0.29) is 25.3 Å². The van der Waals surface area contributed by atoms with E-state index < -0.39 is 72.1 Å². The van der Waals surface area contributed by atoms with E-state index in [1.54, 1.807) is 13.8 Å². The van der Waals surface area contributed by atoms with Gasteiger partial charge in [0.25, 0.3) is 17.7 Å². The lowest BCUT2D eigenvalue weighted by atomic mass is 9.98. The molecule has 8 N–H and O–H groups in total. The lowest BCUT2D eigenvalue weighted by Crippen LogP contribution is -2.71. The first-order valence-electron chi connectivity index (χ1n) is 13.5. The molecule has 4 amide bonds. The summed E-state index contributed by atoms with van der Waals surface area (Å²) in [5.41, 5.74) is 6.51. The zero-order chi connectivity index (χ0) is 29.8. The number of aliphatic hydroxyl groups excluding tert-OH is 3. The van der Waals surface area contributed by atoms with Crippen LogP contribution in [0.2, 0.25) is 0 Å². The number of aliphatic carboxylic acids is 1. The summed E-state index contributed by atoms with van der Waals surface area (Å²) in [6, 6.07) is -3.42. The second-order valence-electron chi connectivity index (χ2n) is 11.0. The van der Waals surface area contributed by atoms with Gasteiger partial charge in [0.2, 0.25) is 5.91 Å². The van der Waals surface area contributed by atoms with Crippen molar-refractivity contribution in [1.29, 1.82) is 0 Å². The minimum atomic E-state index is -2.02. The summed E-state index contributed by atoms with van der Waals surface area (Å²) < 4.78 is 0. The zero-order valence-corrected chi connectivity index (χ0v) is 23.0. The van der Waals surface area contributed by atoms with Crippen molar-refractivity contribution in [3.8, 4) is 0 Å². The number of rotatable bonds is 8. The quantitative estimate of drug-likeness (QED) is 0.142. The van der Waals surface area contributed by atoms with Gasteiger partial charge in [0, 0.05) is 26.1 Å². The van der Waals surface area contributed by atoms with Crippen LogP contribution in [-0.4, -0.2) is 127 Å². The van der Waals surface area contributed by atoms with Crippen molar-refractivity contribution in [3.05, 3.63) is 0 Å². The lowest BCUT2D eigenvalue weighted by molar-refractivity contribution is -0.168. The van der Waals surface area contributed by atoms with Crippen LogP contribution in [0.15, 0.2) is 0 Å². The first-order chi connectivity index (χ1) is 18.8. The Balaban J connectivity index is 1.84. The average molecular weight is 572 g/mol. The van der Waals surface area contributed by atoms with Crippen molar-refractivity contribution in [2.75, 3.05) is 26.2 Å². The number of nitrogens with one attached hydrogen (secondary N) is 4. The molecule has 3 heterocycles. The van der Waals surface area contributed by atoms with Gasteiger partial charge in [0.1, 0.15) is 24.2 Å². The predicted octanol–water partition coefficient (Wildman–Crippen LogP) is -3.59. The largest absolute Gasteiger partial charge is 0.479 e. The highest BCUT2D eigenvalue weighted by Gasteiger charge is 2.47. The molecule has 0 aliphatic carbocycles. The number of nitrogens with zero attached hydrogens (tertiary/aromatic N) is 3. The maximum atomic E-state index is 13.8. The average Bonchev–Trinajstić information content (AvgIpc) is 2.95. The smallest absolute Gasteiger partial charge is 0.331 e. The summed E-state index contributed by atoms with van der Waals surface area (Å²) in [5, 5.41) is 45.0. The molecular formula is C24H41N7O9. The molecule has 0 spiro atoms. The summed E-state index contributed by atoms with van der Waals surface area (Å²) in [7, 11) is 0. The molecule has 0 radical (unpaired) electrons. The summed E-state index contributed by atoms with van der Waals surface area (Å²) in [6.45, 7) is 4.30. The highest BCUT2D eigenvalue weighted by Crippen LogP contribution is 2.23. The molecule has 0 bridgehead atoms. The zero-order valence-electron chi connectivity index (χ0n) is 23.0. The van der Waals surface area contributed by atoms with E-state index in [0.717, 1.165) is 22.0 Å². The SMILES string of the molecule is CC(C)C(O)C(=O)N1NCCCC1C(=O)N1NCCCC1C(=O)N1NCC(O)CC1C(=O)NC(C)(CO)C(=O)O. The first-order valence-corrected chi connectivity index (χ1v) is 13.5. The van der Waals surface area contributed by atoms with Gasteiger partial charge < -0.3 is 25.7 Å². The number of carbonyl (C=O) groups is 5. The molecule has 3 fully saturated rings. The Morgan fingerprint density at radius 1 is 0.925 bits per heavy atom. The van der Waals surface area contributed by atoms with Crippen LogP contribution in [0.5, 0.6) is 0 Å². The normalized spacial score (nSPS) is 28.0. The maximum absolute atomic E-state index is 13.8. The van der Waals surface area contributed by atoms with Gasteiger partial charge >= 0.3 is 5.97 Å². The third-order valence-electron chi connectivity index (χ3n) is 7.46. The Morgan fingerprint density at radius 2 is 1.45 bits per heavy atom. The van der Waals surface area contributed by atoms with E-state index in [1.807, 2.05) is 0 Å². The van der Waals surface area contributed by atoms with Gasteiger partial charge in [-0.25, -0.2) is 21.1 Å². The van der Waals surface area contributed by atoms with Gasteiger partial charge in [0.05, 0.1) is 12.7 Å². The van der Waals surface area contributed by atoms with Gasteiger partial charge in [-0.1, -0.05) is 13.8 Å². The first kappa shape index (κ1) is 31.6. The van der Waals surface area contributed by atoms with E-state index in [0.29, 0.717) is 32.4 Å². The van der Waals surface area contributed by atoms with Crippen molar-refractivity contribution in [2.24, 2.45) is 5.92 Å². The molecule has 16 nitrogen and oxygen atoms in total.